The van der Waals surface area contributed by atoms with Crippen LogP contribution in [-0.2, 0) is 15.7 Å². The summed E-state index contributed by atoms with van der Waals surface area (Å²) in [5.41, 5.74) is 4.48. The van der Waals surface area contributed by atoms with Crippen LogP contribution in [-0.4, -0.2) is 34.3 Å². The summed E-state index contributed by atoms with van der Waals surface area (Å²) in [5, 5.41) is 11.0. The van der Waals surface area contributed by atoms with Crippen molar-refractivity contribution >= 4 is 27.6 Å². The van der Waals surface area contributed by atoms with Crippen LogP contribution in [0.25, 0.3) is 22.2 Å². The van der Waals surface area contributed by atoms with E-state index in [0.29, 0.717) is 11.6 Å². The van der Waals surface area contributed by atoms with Gasteiger partial charge in [0.05, 0.1) is 30.0 Å². The van der Waals surface area contributed by atoms with Crippen LogP contribution >= 0.6 is 0 Å². The summed E-state index contributed by atoms with van der Waals surface area (Å²) in [6, 6.07) is 16.7. The second-order valence-corrected chi connectivity index (χ2v) is 9.29. The molecule has 0 amide bonds. The molecule has 160 valence electrons. The van der Waals surface area contributed by atoms with Crippen LogP contribution in [0.15, 0.2) is 42.5 Å². The molecule has 1 N–H and O–H groups in total. The third kappa shape index (κ3) is 4.06. The van der Waals surface area contributed by atoms with Gasteiger partial charge < -0.3 is 18.8 Å². The molecule has 1 atom stereocenters. The molecule has 2 heterocycles. The lowest BCUT2D eigenvalue weighted by molar-refractivity contribution is 0.0256. The van der Waals surface area contributed by atoms with Crippen LogP contribution in [0, 0.1) is 11.3 Å². The smallest absolute Gasteiger partial charge is 0.121 e. The second-order valence-electron chi connectivity index (χ2n) is 8.18. The highest BCUT2D eigenvalue weighted by Crippen LogP contribution is 2.45. The molecule has 2 aromatic carbocycles. The molecule has 7 heteroatoms. The Morgan fingerprint density at radius 1 is 1.13 bits per heavy atom. The Bertz CT molecular complexity index is 1170. The number of nitrogens with one attached hydrogen (secondary N) is 1. The minimum absolute atomic E-state index is 0.176. The number of benzene rings is 2. The molecule has 1 saturated carbocycles. The zero-order chi connectivity index (χ0) is 21.4. The topological polar surface area (TPSA) is 76.3 Å². The third-order valence-corrected chi connectivity index (χ3v) is 6.41. The molecule has 3 aromatic rings. The van der Waals surface area contributed by atoms with E-state index in [2.05, 4.69) is 21.4 Å². The van der Waals surface area contributed by atoms with E-state index in [1.807, 2.05) is 36.4 Å². The Morgan fingerprint density at radius 3 is 2.52 bits per heavy atom. The Labute approximate surface area is 184 Å². The quantitative estimate of drug-likeness (QED) is 0.605. The average molecular weight is 436 g/mol. The zero-order valence-corrected chi connectivity index (χ0v) is 18.3. The van der Waals surface area contributed by atoms with Gasteiger partial charge in [0, 0.05) is 42.3 Å². The second kappa shape index (κ2) is 8.37. The van der Waals surface area contributed by atoms with Crippen molar-refractivity contribution in [2.24, 2.45) is 0 Å². The summed E-state index contributed by atoms with van der Waals surface area (Å²) in [7, 11) is -1.12. The molecule has 0 spiro atoms. The van der Waals surface area contributed by atoms with Gasteiger partial charge in [-0.15, -0.1) is 0 Å². The Morgan fingerprint density at radius 2 is 1.87 bits per heavy atom. The number of hydrogen-bond donors (Lipinski definition) is 1. The molecule has 1 aliphatic carbocycles. The van der Waals surface area contributed by atoms with E-state index in [4.69, 9.17) is 9.47 Å². The van der Waals surface area contributed by atoms with Gasteiger partial charge in [0.25, 0.3) is 0 Å². The number of nitriles is 1. The van der Waals surface area contributed by atoms with Crippen molar-refractivity contribution in [1.82, 2.24) is 4.57 Å². The first kappa shape index (κ1) is 20.1. The van der Waals surface area contributed by atoms with Crippen LogP contribution in [0.2, 0.25) is 0 Å². The maximum absolute atomic E-state index is 11.4. The van der Waals surface area contributed by atoms with Crippen molar-refractivity contribution in [2.45, 2.75) is 37.8 Å². The first-order valence-corrected chi connectivity index (χ1v) is 12.2. The van der Waals surface area contributed by atoms with Crippen LogP contribution in [0.5, 0.6) is 5.75 Å². The van der Waals surface area contributed by atoms with Gasteiger partial charge in [-0.05, 0) is 42.7 Å². The highest BCUT2D eigenvalue weighted by molar-refractivity contribution is 7.85. The molecule has 2 aliphatic rings. The fraction of sp³-hybridized carbons (Fsp3) is 0.375. The number of hydrogen-bond acceptors (Lipinski definition) is 4. The number of aromatic nitrogens is 1. The monoisotopic (exact) mass is 435 g/mol. The van der Waals surface area contributed by atoms with E-state index < -0.39 is 11.0 Å². The van der Waals surface area contributed by atoms with Crippen molar-refractivity contribution in [1.29, 1.82) is 5.26 Å². The summed E-state index contributed by atoms with van der Waals surface area (Å²) in [6.45, 7) is 1.48. The maximum Gasteiger partial charge on any atom is 0.121 e. The standard InChI is InChI=1S/C24H25N3O3S/c1-31(28)26-17-4-2-16(3-5-17)24-22(15-25)21-9-8-20(30-19-10-12-29-13-11-19)14-23(21)27(24)18-6-7-18/h2-5,8-9,14,18-19,26H,6-7,10-13H2,1H3. The lowest BCUT2D eigenvalue weighted by Crippen LogP contribution is -2.25. The Hall–Kier alpha value is -2.82. The largest absolute Gasteiger partial charge is 0.490 e. The SMILES string of the molecule is CS(=O)Nc1ccc(-c2c(C#N)c3ccc(OC4CCOCC4)cc3n2C2CC2)cc1. The Kier molecular flexibility index (Phi) is 5.43. The third-order valence-electron chi connectivity index (χ3n) is 5.89. The first-order chi connectivity index (χ1) is 15.1. The van der Waals surface area contributed by atoms with E-state index in [0.717, 1.165) is 72.5 Å². The van der Waals surface area contributed by atoms with Crippen LogP contribution in [0.3, 0.4) is 0 Å². The fourth-order valence-corrected chi connectivity index (χ4v) is 4.79. The summed E-state index contributed by atoms with van der Waals surface area (Å²) in [5.74, 6) is 0.847. The van der Waals surface area contributed by atoms with Crippen molar-refractivity contribution in [3.63, 3.8) is 0 Å². The van der Waals surface area contributed by atoms with Crippen LogP contribution in [0.4, 0.5) is 5.69 Å². The molecule has 1 saturated heterocycles. The Balaban J connectivity index is 1.58. The zero-order valence-electron chi connectivity index (χ0n) is 17.5. The van der Waals surface area contributed by atoms with Gasteiger partial charge in [-0.1, -0.05) is 12.1 Å². The van der Waals surface area contributed by atoms with Gasteiger partial charge in [0.1, 0.15) is 28.9 Å². The minimum atomic E-state index is -1.12. The van der Waals surface area contributed by atoms with E-state index in [1.165, 1.54) is 0 Å². The lowest BCUT2D eigenvalue weighted by atomic mass is 10.1. The molecule has 1 aliphatic heterocycles. The van der Waals surface area contributed by atoms with E-state index in [1.54, 1.807) is 6.26 Å². The summed E-state index contributed by atoms with van der Waals surface area (Å²) >= 11 is 0. The molecular weight excluding hydrogens is 410 g/mol. The van der Waals surface area contributed by atoms with E-state index >= 15 is 0 Å². The number of fused-ring (bicyclic) bond motifs is 1. The highest BCUT2D eigenvalue weighted by Gasteiger charge is 2.31. The first-order valence-electron chi connectivity index (χ1n) is 10.7. The van der Waals surface area contributed by atoms with Crippen molar-refractivity contribution in [3.05, 3.63) is 48.0 Å². The maximum atomic E-state index is 11.4. The minimum Gasteiger partial charge on any atom is -0.490 e. The van der Waals surface area contributed by atoms with Gasteiger partial charge in [-0.2, -0.15) is 5.26 Å². The number of rotatable bonds is 6. The molecule has 6 nitrogen and oxygen atoms in total. The number of nitrogens with zero attached hydrogens (tertiary/aromatic N) is 2. The van der Waals surface area contributed by atoms with Crippen molar-refractivity contribution in [2.75, 3.05) is 24.2 Å². The van der Waals surface area contributed by atoms with Gasteiger partial charge in [-0.3, -0.25) is 0 Å². The van der Waals surface area contributed by atoms with Gasteiger partial charge in [0.2, 0.25) is 0 Å². The molecule has 1 aromatic heterocycles. The predicted molar refractivity (Wildman–Crippen MR) is 123 cm³/mol. The van der Waals surface area contributed by atoms with Gasteiger partial charge in [0.15, 0.2) is 0 Å². The molecule has 2 fully saturated rings. The fourth-order valence-electron chi connectivity index (χ4n) is 4.32. The summed E-state index contributed by atoms with van der Waals surface area (Å²) in [4.78, 5) is 0. The molecule has 0 radical (unpaired) electrons. The highest BCUT2D eigenvalue weighted by atomic mass is 32.2. The predicted octanol–water partition coefficient (Wildman–Crippen LogP) is 4.78. The summed E-state index contributed by atoms with van der Waals surface area (Å²) in [6.07, 6.45) is 5.81. The van der Waals surface area contributed by atoms with Crippen molar-refractivity contribution < 1.29 is 13.7 Å². The van der Waals surface area contributed by atoms with Crippen LogP contribution < -0.4 is 9.46 Å². The van der Waals surface area contributed by atoms with Crippen LogP contribution in [0.1, 0.15) is 37.3 Å². The molecule has 0 bridgehead atoms. The van der Waals surface area contributed by atoms with Gasteiger partial charge >= 0.3 is 0 Å². The normalized spacial score (nSPS) is 17.9. The molecule has 5 rings (SSSR count). The lowest BCUT2D eigenvalue weighted by Gasteiger charge is -2.23. The average Bonchev–Trinajstić information content (AvgIpc) is 3.56. The molecule has 31 heavy (non-hydrogen) atoms. The van der Waals surface area contributed by atoms with E-state index in [9.17, 15) is 9.47 Å². The molecule has 1 unspecified atom stereocenters. The summed E-state index contributed by atoms with van der Waals surface area (Å²) < 4.78 is 28.3. The van der Waals surface area contributed by atoms with E-state index in [-0.39, 0.29) is 6.10 Å². The van der Waals surface area contributed by atoms with Crippen molar-refractivity contribution in [3.8, 4) is 23.1 Å². The molecular formula is C24H25N3O3S. The number of ether oxygens (including phenoxy) is 2. The van der Waals surface area contributed by atoms with Gasteiger partial charge in [-0.25, -0.2) is 4.21 Å². The number of anilines is 1.